The molecule has 0 aliphatic carbocycles. The molecule has 0 aromatic rings. The second-order valence-electron chi connectivity index (χ2n) is 2.32. The molecule has 0 saturated carbocycles. The van der Waals surface area contributed by atoms with Gasteiger partial charge in [-0.1, -0.05) is 0 Å². The zero-order valence-corrected chi connectivity index (χ0v) is 7.82. The molecule has 7 heteroatoms. The number of rotatable bonds is 5. The van der Waals surface area contributed by atoms with E-state index in [1.54, 1.807) is 4.90 Å². The minimum Gasteiger partial charge on any atom is -0.312 e. The Morgan fingerprint density at radius 2 is 2.25 bits per heavy atom. The number of hydrogen-bond acceptors (Lipinski definition) is 5. The third kappa shape index (κ3) is 6.28. The van der Waals surface area contributed by atoms with E-state index < -0.39 is 7.60 Å². The molecule has 0 radical (unpaired) electrons. The summed E-state index contributed by atoms with van der Waals surface area (Å²) < 4.78 is 14.4. The van der Waals surface area contributed by atoms with Crippen LogP contribution in [-0.4, -0.2) is 37.0 Å². The lowest BCUT2D eigenvalue weighted by atomic mass is 10.6. The molecule has 0 spiro atoms. The maximum absolute atomic E-state index is 10.5. The number of nitriles is 1. The molecule has 0 fully saturated rings. The topological polar surface area (TPSA) is 82.8 Å². The fourth-order valence-corrected chi connectivity index (χ4v) is 0.596. The summed E-state index contributed by atoms with van der Waals surface area (Å²) in [5, 5.41) is 8.02. The van der Waals surface area contributed by atoms with Gasteiger partial charge in [0.2, 0.25) is 0 Å². The van der Waals surface area contributed by atoms with Gasteiger partial charge in [0.25, 0.3) is 0 Å². The summed E-state index contributed by atoms with van der Waals surface area (Å²) in [5.41, 5.74) is 0. The maximum atomic E-state index is 10.5. The van der Waals surface area contributed by atoms with E-state index in [-0.39, 0.29) is 6.61 Å². The van der Waals surface area contributed by atoms with Crippen LogP contribution in [0.15, 0.2) is 0 Å². The summed E-state index contributed by atoms with van der Waals surface area (Å²) in [6.07, 6.45) is 0. The Balaban J connectivity index is 3.46. The van der Waals surface area contributed by atoms with Crippen LogP contribution in [0.5, 0.6) is 0 Å². The first kappa shape index (κ1) is 11.6. The predicted octanol–water partition coefficient (Wildman–Crippen LogP) is 0.163. The summed E-state index contributed by atoms with van der Waals surface area (Å²) in [5.74, 6) is 1.08. The minimum atomic E-state index is -4.17. The van der Waals surface area contributed by atoms with Gasteiger partial charge in [0.1, 0.15) is 0 Å². The molecule has 0 bridgehead atoms. The summed E-state index contributed by atoms with van der Waals surface area (Å²) in [6.45, 7) is 0.685. The molecule has 1 N–H and O–H groups in total. The van der Waals surface area contributed by atoms with Gasteiger partial charge in [-0.3, -0.25) is 0 Å². The van der Waals surface area contributed by atoms with E-state index in [4.69, 9.17) is 10.2 Å². The average Bonchev–Trinajstić information content (AvgIpc) is 1.98. The highest BCUT2D eigenvalue weighted by molar-refractivity contribution is 7.57. The van der Waals surface area contributed by atoms with E-state index in [0.29, 0.717) is 6.54 Å². The smallest absolute Gasteiger partial charge is 0.312 e. The molecule has 0 saturated heterocycles. The van der Waals surface area contributed by atoms with Crippen molar-refractivity contribution in [3.8, 4) is 5.81 Å². The van der Waals surface area contributed by atoms with Gasteiger partial charge < -0.3 is 9.79 Å². The van der Waals surface area contributed by atoms with Crippen LogP contribution >= 0.6 is 7.60 Å². The van der Waals surface area contributed by atoms with Crippen molar-refractivity contribution in [3.63, 3.8) is 0 Å². The van der Waals surface area contributed by atoms with Crippen molar-refractivity contribution in [1.82, 2.24) is 4.90 Å². The van der Waals surface area contributed by atoms with Crippen LogP contribution < -0.4 is 0 Å². The van der Waals surface area contributed by atoms with Crippen molar-refractivity contribution >= 4 is 7.60 Å². The first-order valence-corrected chi connectivity index (χ1v) is 4.76. The number of hydrogen-bond donors (Lipinski definition) is 1. The third-order valence-electron chi connectivity index (χ3n) is 0.902. The van der Waals surface area contributed by atoms with Crippen LogP contribution in [-0.2, 0) is 14.1 Å². The predicted molar refractivity (Wildman–Crippen MR) is 41.0 cm³/mol. The molecule has 6 nitrogen and oxygen atoms in total. The molecule has 0 aliphatic rings. The fraction of sp³-hybridized carbons (Fsp3) is 0.800. The standard InChI is InChI=1S/C5H11N2O4P/c1-7(2)3-4-10-11-12(8,9)5-6/h3-4H2,1-2H3,(H,8,9). The van der Waals surface area contributed by atoms with E-state index in [9.17, 15) is 4.57 Å². The summed E-state index contributed by atoms with van der Waals surface area (Å²) >= 11 is 0. The van der Waals surface area contributed by atoms with Crippen LogP contribution in [0.2, 0.25) is 0 Å². The van der Waals surface area contributed by atoms with Crippen LogP contribution in [0.3, 0.4) is 0 Å². The Bertz CT molecular complexity index is 212. The highest BCUT2D eigenvalue weighted by Gasteiger charge is 2.18. The molecular formula is C5H11N2O4P. The quantitative estimate of drug-likeness (QED) is 0.290. The number of likely N-dealkylation sites (N-methyl/N-ethyl adjacent to an activating group) is 1. The lowest BCUT2D eigenvalue weighted by Crippen LogP contribution is -2.17. The highest BCUT2D eigenvalue weighted by Crippen LogP contribution is 2.39. The second-order valence-corrected chi connectivity index (χ2v) is 3.71. The Morgan fingerprint density at radius 1 is 1.67 bits per heavy atom. The molecule has 0 heterocycles. The molecule has 70 valence electrons. The number of nitrogens with zero attached hydrogens (tertiary/aromatic N) is 2. The largest absolute Gasteiger partial charge is 0.455 e. The second kappa shape index (κ2) is 5.25. The molecular weight excluding hydrogens is 183 g/mol. The van der Waals surface area contributed by atoms with E-state index in [1.165, 1.54) is 0 Å². The van der Waals surface area contributed by atoms with Crippen molar-refractivity contribution in [1.29, 1.82) is 5.26 Å². The minimum absolute atomic E-state index is 0.138. The van der Waals surface area contributed by atoms with Crippen LogP contribution in [0.1, 0.15) is 0 Å². The van der Waals surface area contributed by atoms with Gasteiger partial charge in [-0.05, 0) is 14.1 Å². The Hall–Kier alpha value is -0.440. The van der Waals surface area contributed by atoms with Crippen molar-refractivity contribution < 1.29 is 19.0 Å². The van der Waals surface area contributed by atoms with Gasteiger partial charge in [0.05, 0.1) is 6.61 Å². The highest BCUT2D eigenvalue weighted by atomic mass is 31.2. The Labute approximate surface area is 70.8 Å². The molecule has 12 heavy (non-hydrogen) atoms. The van der Waals surface area contributed by atoms with Crippen molar-refractivity contribution in [3.05, 3.63) is 0 Å². The fourth-order valence-electron chi connectivity index (χ4n) is 0.345. The van der Waals surface area contributed by atoms with Crippen LogP contribution in [0.4, 0.5) is 0 Å². The summed E-state index contributed by atoms with van der Waals surface area (Å²) in [7, 11) is -0.545. The molecule has 0 aromatic carbocycles. The molecule has 0 rings (SSSR count). The molecule has 0 aliphatic heterocycles. The van der Waals surface area contributed by atoms with Gasteiger partial charge >= 0.3 is 7.60 Å². The van der Waals surface area contributed by atoms with Gasteiger partial charge in [-0.15, -0.1) is 4.67 Å². The Kier molecular flexibility index (Phi) is 5.06. The summed E-state index contributed by atoms with van der Waals surface area (Å²) in [6, 6.07) is 0. The molecule has 1 atom stereocenters. The zero-order valence-electron chi connectivity index (χ0n) is 6.93. The Morgan fingerprint density at radius 3 is 2.67 bits per heavy atom. The maximum Gasteiger partial charge on any atom is 0.455 e. The van der Waals surface area contributed by atoms with Gasteiger partial charge in [-0.25, -0.2) is 9.45 Å². The van der Waals surface area contributed by atoms with Gasteiger partial charge in [0, 0.05) is 6.54 Å². The third-order valence-corrected chi connectivity index (χ3v) is 1.46. The van der Waals surface area contributed by atoms with E-state index in [1.807, 2.05) is 14.1 Å². The van der Waals surface area contributed by atoms with Crippen LogP contribution in [0, 0.1) is 11.1 Å². The molecule has 0 aromatic heterocycles. The lowest BCUT2D eigenvalue weighted by Gasteiger charge is -2.08. The van der Waals surface area contributed by atoms with E-state index >= 15 is 0 Å². The SMILES string of the molecule is CN(C)CCOOP(=O)(O)C#N. The van der Waals surface area contributed by atoms with Crippen molar-refractivity contribution in [2.45, 2.75) is 0 Å². The lowest BCUT2D eigenvalue weighted by molar-refractivity contribution is -0.212. The normalized spacial score (nSPS) is 15.6. The summed E-state index contributed by atoms with van der Waals surface area (Å²) in [4.78, 5) is 14.6. The van der Waals surface area contributed by atoms with E-state index in [0.717, 1.165) is 5.81 Å². The van der Waals surface area contributed by atoms with Crippen molar-refractivity contribution in [2.75, 3.05) is 27.2 Å². The average molecular weight is 194 g/mol. The molecule has 1 unspecified atom stereocenters. The first-order valence-electron chi connectivity index (χ1n) is 3.18. The molecule has 0 amide bonds. The first-order chi connectivity index (χ1) is 5.48. The monoisotopic (exact) mass is 194 g/mol. The van der Waals surface area contributed by atoms with Gasteiger partial charge in [-0.2, -0.15) is 5.26 Å². The van der Waals surface area contributed by atoms with E-state index in [2.05, 4.69) is 9.56 Å². The zero-order chi connectivity index (χ0) is 9.61. The van der Waals surface area contributed by atoms with Crippen LogP contribution in [0.25, 0.3) is 0 Å². The van der Waals surface area contributed by atoms with Crippen molar-refractivity contribution in [2.24, 2.45) is 0 Å². The van der Waals surface area contributed by atoms with Gasteiger partial charge in [0.15, 0.2) is 5.81 Å².